The quantitative estimate of drug-likeness (QED) is 0.555. The van der Waals surface area contributed by atoms with Crippen LogP contribution in [0.2, 0.25) is 5.02 Å². The lowest BCUT2D eigenvalue weighted by Crippen LogP contribution is -2.21. The highest BCUT2D eigenvalue weighted by atomic mass is 35.5. The molecule has 8 heteroatoms. The molecule has 0 bridgehead atoms. The van der Waals surface area contributed by atoms with E-state index in [9.17, 15) is 9.18 Å². The van der Waals surface area contributed by atoms with E-state index in [0.29, 0.717) is 23.8 Å². The smallest absolute Gasteiger partial charge is 0.283 e. The van der Waals surface area contributed by atoms with Gasteiger partial charge in [-0.3, -0.25) is 9.36 Å². The molecule has 0 aliphatic carbocycles. The zero-order valence-corrected chi connectivity index (χ0v) is 14.3. The summed E-state index contributed by atoms with van der Waals surface area (Å²) in [5.74, 6) is -0.308. The van der Waals surface area contributed by atoms with E-state index in [-0.39, 0.29) is 16.9 Å². The van der Waals surface area contributed by atoms with Crippen LogP contribution in [-0.2, 0) is 13.1 Å². The topological polar surface area (TPSA) is 65.6 Å². The molecule has 2 aromatic carbocycles. The van der Waals surface area contributed by atoms with Gasteiger partial charge >= 0.3 is 0 Å². The molecule has 0 fully saturated rings. The Morgan fingerprint density at radius 1 is 1.04 bits per heavy atom. The Morgan fingerprint density at radius 2 is 1.81 bits per heavy atom. The van der Waals surface area contributed by atoms with Gasteiger partial charge in [-0.15, -0.1) is 5.10 Å². The second-order valence-electron chi connectivity index (χ2n) is 5.81. The maximum Gasteiger partial charge on any atom is 0.283 e. The maximum atomic E-state index is 13.0. The van der Waals surface area contributed by atoms with Crippen molar-refractivity contribution in [2.75, 3.05) is 0 Å². The Hall–Kier alpha value is -3.06. The highest BCUT2D eigenvalue weighted by molar-refractivity contribution is 6.31. The van der Waals surface area contributed by atoms with Crippen LogP contribution in [0.25, 0.3) is 11.2 Å². The van der Waals surface area contributed by atoms with Gasteiger partial charge in [-0.1, -0.05) is 47.1 Å². The van der Waals surface area contributed by atoms with E-state index < -0.39 is 0 Å². The molecule has 0 spiro atoms. The molecule has 0 radical (unpaired) electrons. The van der Waals surface area contributed by atoms with Crippen LogP contribution in [0.1, 0.15) is 11.1 Å². The number of nitrogens with zero attached hydrogens (tertiary/aromatic N) is 5. The fourth-order valence-corrected chi connectivity index (χ4v) is 2.87. The molecule has 0 N–H and O–H groups in total. The second kappa shape index (κ2) is 6.68. The SMILES string of the molecule is O=c1c2nnn(Cc3ccc(F)cc3)c2ncn1Cc1ccccc1Cl. The van der Waals surface area contributed by atoms with Crippen molar-refractivity contribution in [3.05, 3.63) is 87.2 Å². The summed E-state index contributed by atoms with van der Waals surface area (Å²) in [6.45, 7) is 0.643. The summed E-state index contributed by atoms with van der Waals surface area (Å²) >= 11 is 6.16. The molecular weight excluding hydrogens is 357 g/mol. The van der Waals surface area contributed by atoms with Gasteiger partial charge in [0.2, 0.25) is 0 Å². The Kier molecular flexibility index (Phi) is 4.22. The van der Waals surface area contributed by atoms with Gasteiger partial charge < -0.3 is 0 Å². The molecule has 0 saturated heterocycles. The summed E-state index contributed by atoms with van der Waals surface area (Å²) in [6.07, 6.45) is 1.46. The molecule has 0 unspecified atom stereocenters. The predicted molar refractivity (Wildman–Crippen MR) is 95.6 cm³/mol. The zero-order chi connectivity index (χ0) is 18.1. The molecule has 130 valence electrons. The molecule has 4 rings (SSSR count). The molecule has 6 nitrogen and oxygen atoms in total. The normalized spacial score (nSPS) is 11.2. The van der Waals surface area contributed by atoms with Crippen LogP contribution in [0.3, 0.4) is 0 Å². The van der Waals surface area contributed by atoms with Gasteiger partial charge in [0, 0.05) is 5.02 Å². The molecule has 0 aliphatic rings. The van der Waals surface area contributed by atoms with Crippen molar-refractivity contribution in [1.29, 1.82) is 0 Å². The highest BCUT2D eigenvalue weighted by Gasteiger charge is 2.13. The molecule has 0 amide bonds. The number of hydrogen-bond acceptors (Lipinski definition) is 4. The largest absolute Gasteiger partial charge is 0.293 e. The third-order valence-electron chi connectivity index (χ3n) is 4.04. The molecule has 2 heterocycles. The Balaban J connectivity index is 1.68. The van der Waals surface area contributed by atoms with E-state index in [2.05, 4.69) is 15.3 Å². The van der Waals surface area contributed by atoms with Crippen LogP contribution in [-0.4, -0.2) is 24.5 Å². The molecule has 26 heavy (non-hydrogen) atoms. The Morgan fingerprint density at radius 3 is 2.58 bits per heavy atom. The number of aromatic nitrogens is 5. The van der Waals surface area contributed by atoms with Crippen LogP contribution in [0.5, 0.6) is 0 Å². The average Bonchev–Trinajstić information content (AvgIpc) is 3.05. The fourth-order valence-electron chi connectivity index (χ4n) is 2.68. The van der Waals surface area contributed by atoms with Crippen molar-refractivity contribution >= 4 is 22.8 Å². The number of halogens is 2. The Labute approximate surface area is 152 Å². The Bertz CT molecular complexity index is 1140. The minimum absolute atomic E-state index is 0.182. The highest BCUT2D eigenvalue weighted by Crippen LogP contribution is 2.16. The number of fused-ring (bicyclic) bond motifs is 1. The summed E-state index contributed by atoms with van der Waals surface area (Å²) in [7, 11) is 0. The van der Waals surface area contributed by atoms with Gasteiger partial charge in [-0.25, -0.2) is 14.1 Å². The van der Waals surface area contributed by atoms with Gasteiger partial charge in [0.1, 0.15) is 12.1 Å². The van der Waals surface area contributed by atoms with Gasteiger partial charge in [-0.2, -0.15) is 0 Å². The minimum Gasteiger partial charge on any atom is -0.293 e. The number of hydrogen-bond donors (Lipinski definition) is 0. The standard InChI is InChI=1S/C18H13ClFN5O/c19-15-4-2-1-3-13(15)10-24-11-21-17-16(18(24)26)22-23-25(17)9-12-5-7-14(20)8-6-12/h1-8,11H,9-10H2. The van der Waals surface area contributed by atoms with Crippen molar-refractivity contribution in [3.8, 4) is 0 Å². The molecular formula is C18H13ClFN5O. The monoisotopic (exact) mass is 369 g/mol. The lowest BCUT2D eigenvalue weighted by molar-refractivity contribution is 0.623. The first-order valence-electron chi connectivity index (χ1n) is 7.88. The second-order valence-corrected chi connectivity index (χ2v) is 6.22. The first kappa shape index (κ1) is 16.4. The predicted octanol–water partition coefficient (Wildman–Crippen LogP) is 2.88. The van der Waals surface area contributed by atoms with Gasteiger partial charge in [-0.05, 0) is 29.3 Å². The summed E-state index contributed by atoms with van der Waals surface area (Å²) in [6, 6.07) is 13.4. The van der Waals surface area contributed by atoms with Crippen molar-refractivity contribution in [1.82, 2.24) is 24.5 Å². The van der Waals surface area contributed by atoms with Crippen LogP contribution < -0.4 is 5.56 Å². The molecule has 0 saturated carbocycles. The van der Waals surface area contributed by atoms with Crippen LogP contribution in [0.4, 0.5) is 4.39 Å². The van der Waals surface area contributed by atoms with Gasteiger partial charge in [0.05, 0.1) is 13.1 Å². The minimum atomic E-state index is -0.308. The van der Waals surface area contributed by atoms with Gasteiger partial charge in [0.25, 0.3) is 5.56 Å². The number of benzene rings is 2. The van der Waals surface area contributed by atoms with Crippen LogP contribution >= 0.6 is 11.6 Å². The van der Waals surface area contributed by atoms with Crippen LogP contribution in [0, 0.1) is 5.82 Å². The molecule has 2 aromatic heterocycles. The maximum absolute atomic E-state index is 13.0. The molecule has 0 aliphatic heterocycles. The fraction of sp³-hybridized carbons (Fsp3) is 0.111. The van der Waals surface area contributed by atoms with Crippen molar-refractivity contribution in [3.63, 3.8) is 0 Å². The summed E-state index contributed by atoms with van der Waals surface area (Å²) in [5, 5.41) is 8.56. The third kappa shape index (κ3) is 3.09. The van der Waals surface area contributed by atoms with Crippen LogP contribution in [0.15, 0.2) is 59.7 Å². The first-order valence-corrected chi connectivity index (χ1v) is 8.26. The van der Waals surface area contributed by atoms with E-state index in [1.807, 2.05) is 18.2 Å². The summed E-state index contributed by atoms with van der Waals surface area (Å²) in [4.78, 5) is 17.0. The molecule has 4 aromatic rings. The van der Waals surface area contributed by atoms with Crippen molar-refractivity contribution in [2.45, 2.75) is 13.1 Å². The summed E-state index contributed by atoms with van der Waals surface area (Å²) < 4.78 is 16.0. The van der Waals surface area contributed by atoms with Crippen molar-refractivity contribution in [2.24, 2.45) is 0 Å². The molecule has 0 atom stereocenters. The lowest BCUT2D eigenvalue weighted by atomic mass is 10.2. The average molecular weight is 370 g/mol. The van der Waals surface area contributed by atoms with E-state index >= 15 is 0 Å². The van der Waals surface area contributed by atoms with E-state index in [1.54, 1.807) is 18.2 Å². The zero-order valence-electron chi connectivity index (χ0n) is 13.5. The van der Waals surface area contributed by atoms with E-state index in [4.69, 9.17) is 11.6 Å². The van der Waals surface area contributed by atoms with Gasteiger partial charge in [0.15, 0.2) is 11.2 Å². The number of rotatable bonds is 4. The lowest BCUT2D eigenvalue weighted by Gasteiger charge is -2.07. The van der Waals surface area contributed by atoms with Crippen molar-refractivity contribution < 1.29 is 4.39 Å². The van der Waals surface area contributed by atoms with E-state index in [1.165, 1.54) is 27.7 Å². The third-order valence-corrected chi connectivity index (χ3v) is 4.40. The van der Waals surface area contributed by atoms with E-state index in [0.717, 1.165) is 11.1 Å². The first-order chi connectivity index (χ1) is 12.6. The summed E-state index contributed by atoms with van der Waals surface area (Å²) in [5.41, 5.74) is 1.92.